The van der Waals surface area contributed by atoms with Crippen molar-refractivity contribution in [3.05, 3.63) is 95.5 Å². The third-order valence-electron chi connectivity index (χ3n) is 5.03. The van der Waals surface area contributed by atoms with Gasteiger partial charge in [-0.25, -0.2) is 4.57 Å². The van der Waals surface area contributed by atoms with E-state index in [-0.39, 0.29) is 0 Å². The van der Waals surface area contributed by atoms with E-state index < -0.39 is 0 Å². The minimum absolute atomic E-state index is 0.684. The van der Waals surface area contributed by atoms with Crippen molar-refractivity contribution >= 4 is 11.0 Å². The number of benzene rings is 2. The predicted molar refractivity (Wildman–Crippen MR) is 112 cm³/mol. The zero-order valence-electron chi connectivity index (χ0n) is 16.5. The van der Waals surface area contributed by atoms with Crippen LogP contribution in [0.25, 0.3) is 11.0 Å². The van der Waals surface area contributed by atoms with Crippen LogP contribution < -0.4 is 9.30 Å². The Balaban J connectivity index is 1.64. The molecule has 28 heavy (non-hydrogen) atoms. The molecule has 2 aromatic heterocycles. The van der Waals surface area contributed by atoms with Crippen LogP contribution in [-0.4, -0.2) is 6.61 Å². The minimum Gasteiger partial charge on any atom is -0.494 e. The summed E-state index contributed by atoms with van der Waals surface area (Å²) >= 11 is 0. The van der Waals surface area contributed by atoms with E-state index in [1.807, 2.05) is 25.1 Å². The maximum Gasteiger partial charge on any atom is 0.168 e. The van der Waals surface area contributed by atoms with E-state index in [9.17, 15) is 0 Å². The summed E-state index contributed by atoms with van der Waals surface area (Å²) in [5.41, 5.74) is 4.77. The molecule has 0 radical (unpaired) electrons. The Hall–Kier alpha value is -3.07. The van der Waals surface area contributed by atoms with Gasteiger partial charge in [0.15, 0.2) is 18.9 Å². The standard InChI is InChI=1S/C25H26NO2/c1-3-27-21-10-8-20(9-11-21)18-25-22(13-16-26-14-5-4-6-15-26)23-17-19(2)7-12-24(23)28-25/h4-12,14-15,17H,3,13,16,18H2,1-2H3/q+1. The Morgan fingerprint density at radius 2 is 1.75 bits per heavy atom. The lowest BCUT2D eigenvalue weighted by Gasteiger charge is -2.05. The van der Waals surface area contributed by atoms with Gasteiger partial charge in [0.25, 0.3) is 0 Å². The summed E-state index contributed by atoms with van der Waals surface area (Å²) < 4.78 is 14.1. The molecule has 0 aliphatic rings. The lowest BCUT2D eigenvalue weighted by atomic mass is 10.0. The van der Waals surface area contributed by atoms with Gasteiger partial charge in [0.1, 0.15) is 17.1 Å². The molecule has 4 rings (SSSR count). The van der Waals surface area contributed by atoms with Crippen molar-refractivity contribution in [1.29, 1.82) is 0 Å². The van der Waals surface area contributed by atoms with Gasteiger partial charge in [0, 0.05) is 35.9 Å². The van der Waals surface area contributed by atoms with Crippen LogP contribution in [0.1, 0.15) is 29.4 Å². The number of hydrogen-bond donors (Lipinski definition) is 0. The number of aryl methyl sites for hydroxylation is 3. The first kappa shape index (κ1) is 18.3. The third kappa shape index (κ3) is 4.09. The summed E-state index contributed by atoms with van der Waals surface area (Å²) in [6, 6.07) is 20.9. The van der Waals surface area contributed by atoms with Crippen molar-refractivity contribution in [2.75, 3.05) is 6.61 Å². The zero-order chi connectivity index (χ0) is 19.3. The van der Waals surface area contributed by atoms with Crippen LogP contribution in [0, 0.1) is 6.92 Å². The number of fused-ring (bicyclic) bond motifs is 1. The number of nitrogens with zero attached hydrogens (tertiary/aromatic N) is 1. The number of pyridine rings is 1. The van der Waals surface area contributed by atoms with E-state index in [1.165, 1.54) is 22.1 Å². The Bertz CT molecular complexity index is 1050. The van der Waals surface area contributed by atoms with E-state index in [0.717, 1.165) is 36.5 Å². The molecule has 3 nitrogen and oxygen atoms in total. The average Bonchev–Trinajstić information content (AvgIpc) is 3.05. The monoisotopic (exact) mass is 372 g/mol. The lowest BCUT2D eigenvalue weighted by molar-refractivity contribution is -0.696. The molecule has 142 valence electrons. The molecule has 0 unspecified atom stereocenters. The maximum atomic E-state index is 6.28. The Morgan fingerprint density at radius 1 is 0.964 bits per heavy atom. The second kappa shape index (κ2) is 8.30. The Kier molecular flexibility index (Phi) is 5.43. The normalized spacial score (nSPS) is 11.1. The van der Waals surface area contributed by atoms with Gasteiger partial charge < -0.3 is 9.15 Å². The molecule has 4 aromatic rings. The largest absolute Gasteiger partial charge is 0.494 e. The van der Waals surface area contributed by atoms with E-state index in [1.54, 1.807) is 0 Å². The molecule has 0 atom stereocenters. The number of rotatable bonds is 7. The topological polar surface area (TPSA) is 26.2 Å². The molecule has 0 spiro atoms. The van der Waals surface area contributed by atoms with Crippen molar-refractivity contribution in [1.82, 2.24) is 0 Å². The summed E-state index contributed by atoms with van der Waals surface area (Å²) in [7, 11) is 0. The molecule has 0 saturated heterocycles. The molecule has 0 saturated carbocycles. The molecule has 0 aliphatic carbocycles. The van der Waals surface area contributed by atoms with Gasteiger partial charge in [-0.15, -0.1) is 0 Å². The van der Waals surface area contributed by atoms with Gasteiger partial charge in [-0.1, -0.05) is 29.8 Å². The van der Waals surface area contributed by atoms with E-state index in [2.05, 4.69) is 66.3 Å². The van der Waals surface area contributed by atoms with Crippen molar-refractivity contribution in [2.24, 2.45) is 0 Å². The summed E-state index contributed by atoms with van der Waals surface area (Å²) in [5.74, 6) is 1.97. The molecular formula is C25H26NO2+. The fourth-order valence-electron chi connectivity index (χ4n) is 3.61. The molecule has 0 fully saturated rings. The second-order valence-electron chi connectivity index (χ2n) is 7.12. The Labute approximate surface area is 166 Å². The van der Waals surface area contributed by atoms with E-state index in [4.69, 9.17) is 9.15 Å². The van der Waals surface area contributed by atoms with E-state index in [0.29, 0.717) is 6.61 Å². The molecule has 2 aromatic carbocycles. The fourth-order valence-corrected chi connectivity index (χ4v) is 3.61. The van der Waals surface area contributed by atoms with Crippen LogP contribution in [0.2, 0.25) is 0 Å². The van der Waals surface area contributed by atoms with Gasteiger partial charge >= 0.3 is 0 Å². The second-order valence-corrected chi connectivity index (χ2v) is 7.12. The molecule has 2 heterocycles. The third-order valence-corrected chi connectivity index (χ3v) is 5.03. The zero-order valence-corrected chi connectivity index (χ0v) is 16.5. The lowest BCUT2D eigenvalue weighted by Crippen LogP contribution is -2.33. The first-order chi connectivity index (χ1) is 13.7. The van der Waals surface area contributed by atoms with E-state index >= 15 is 0 Å². The molecule has 3 heteroatoms. The fraction of sp³-hybridized carbons (Fsp3) is 0.240. The number of aromatic nitrogens is 1. The summed E-state index contributed by atoms with van der Waals surface area (Å²) in [5, 5.41) is 1.23. The highest BCUT2D eigenvalue weighted by Crippen LogP contribution is 2.29. The van der Waals surface area contributed by atoms with Crippen LogP contribution >= 0.6 is 0 Å². The molecule has 0 aliphatic heterocycles. The van der Waals surface area contributed by atoms with Crippen molar-refractivity contribution in [3.8, 4) is 5.75 Å². The van der Waals surface area contributed by atoms with Crippen LogP contribution in [0.5, 0.6) is 5.75 Å². The van der Waals surface area contributed by atoms with Crippen LogP contribution in [0.15, 0.2) is 77.5 Å². The van der Waals surface area contributed by atoms with Gasteiger partial charge in [-0.2, -0.15) is 0 Å². The molecule has 0 bridgehead atoms. The van der Waals surface area contributed by atoms with Crippen LogP contribution in [-0.2, 0) is 19.4 Å². The molecular weight excluding hydrogens is 346 g/mol. The first-order valence-corrected chi connectivity index (χ1v) is 9.89. The minimum atomic E-state index is 0.684. The number of furan rings is 1. The van der Waals surface area contributed by atoms with Crippen LogP contribution in [0.4, 0.5) is 0 Å². The smallest absolute Gasteiger partial charge is 0.168 e. The molecule has 0 N–H and O–H groups in total. The van der Waals surface area contributed by atoms with Crippen molar-refractivity contribution < 1.29 is 13.7 Å². The van der Waals surface area contributed by atoms with Gasteiger partial charge in [0.05, 0.1) is 6.61 Å². The van der Waals surface area contributed by atoms with Gasteiger partial charge in [-0.3, -0.25) is 0 Å². The van der Waals surface area contributed by atoms with Crippen molar-refractivity contribution in [2.45, 2.75) is 33.2 Å². The summed E-state index contributed by atoms with van der Waals surface area (Å²) in [6.07, 6.45) is 5.95. The SMILES string of the molecule is CCOc1ccc(Cc2oc3ccc(C)cc3c2CC[n+]2ccccc2)cc1. The highest BCUT2D eigenvalue weighted by molar-refractivity contribution is 5.83. The van der Waals surface area contributed by atoms with Gasteiger partial charge in [-0.05, 0) is 43.7 Å². The number of ether oxygens (including phenoxy) is 1. The van der Waals surface area contributed by atoms with Crippen molar-refractivity contribution in [3.63, 3.8) is 0 Å². The summed E-state index contributed by atoms with van der Waals surface area (Å²) in [6.45, 7) is 5.75. The number of hydrogen-bond acceptors (Lipinski definition) is 2. The molecule has 0 amide bonds. The van der Waals surface area contributed by atoms with Crippen LogP contribution in [0.3, 0.4) is 0 Å². The first-order valence-electron chi connectivity index (χ1n) is 9.89. The quantitative estimate of drug-likeness (QED) is 0.414. The average molecular weight is 372 g/mol. The predicted octanol–water partition coefficient (Wildman–Crippen LogP) is 5.26. The highest BCUT2D eigenvalue weighted by atomic mass is 16.5. The maximum absolute atomic E-state index is 6.28. The Morgan fingerprint density at radius 3 is 2.50 bits per heavy atom. The highest BCUT2D eigenvalue weighted by Gasteiger charge is 2.16. The summed E-state index contributed by atoms with van der Waals surface area (Å²) in [4.78, 5) is 0. The van der Waals surface area contributed by atoms with Gasteiger partial charge in [0.2, 0.25) is 0 Å².